The number of hydrogen-bond acceptors (Lipinski definition) is 2. The number of aromatic nitrogens is 2. The molecule has 0 amide bonds. The maximum absolute atomic E-state index is 11.1. The van der Waals surface area contributed by atoms with Crippen LogP contribution in [0.3, 0.4) is 0 Å². The third-order valence-electron chi connectivity index (χ3n) is 4.37. The van der Waals surface area contributed by atoms with Crippen LogP contribution in [0.4, 0.5) is 0 Å². The summed E-state index contributed by atoms with van der Waals surface area (Å²) in [5, 5.41) is 9.11. The number of aromatic carboxylic acids is 1. The van der Waals surface area contributed by atoms with Crippen LogP contribution in [0.1, 0.15) is 10.4 Å². The molecule has 2 N–H and O–H groups in total. The summed E-state index contributed by atoms with van der Waals surface area (Å²) in [5.74, 6) is -0.268. The van der Waals surface area contributed by atoms with Crippen molar-refractivity contribution in [3.8, 4) is 33.9 Å². The van der Waals surface area contributed by atoms with Gasteiger partial charge in [0.2, 0.25) is 0 Å². The Kier molecular flexibility index (Phi) is 5.15. The number of carbonyl (C=O) groups is 1. The van der Waals surface area contributed by atoms with Gasteiger partial charge in [-0.15, -0.1) is 0 Å². The smallest absolute Gasteiger partial charge is 0.335 e. The molecule has 6 heteroatoms. The molecule has 0 unspecified atom stereocenters. The highest BCUT2D eigenvalue weighted by Gasteiger charge is 2.17. The Hall–Kier alpha value is -2.70. The van der Waals surface area contributed by atoms with E-state index in [0.717, 1.165) is 37.0 Å². The molecule has 0 aliphatic carbocycles. The van der Waals surface area contributed by atoms with E-state index in [2.05, 4.69) is 36.8 Å². The molecule has 1 aromatic heterocycles. The van der Waals surface area contributed by atoms with Crippen LogP contribution < -0.4 is 0 Å². The van der Waals surface area contributed by atoms with E-state index in [1.54, 1.807) is 24.3 Å². The van der Waals surface area contributed by atoms with Crippen molar-refractivity contribution in [1.82, 2.24) is 9.97 Å². The van der Waals surface area contributed by atoms with Crippen molar-refractivity contribution in [2.24, 2.45) is 0 Å². The van der Waals surface area contributed by atoms with Gasteiger partial charge < -0.3 is 10.1 Å². The minimum atomic E-state index is -0.949. The average molecular weight is 498 g/mol. The maximum atomic E-state index is 11.1. The van der Waals surface area contributed by atoms with Crippen molar-refractivity contribution in [2.45, 2.75) is 0 Å². The van der Waals surface area contributed by atoms with Gasteiger partial charge in [0.25, 0.3) is 0 Å². The third-order valence-corrected chi connectivity index (χ3v) is 5.59. The highest BCUT2D eigenvalue weighted by molar-refractivity contribution is 9.10. The minimum Gasteiger partial charge on any atom is -0.478 e. The molecule has 4 rings (SSSR count). The quantitative estimate of drug-likeness (QED) is 0.332. The average Bonchev–Trinajstić information content (AvgIpc) is 3.14. The number of aromatic amines is 1. The number of hydrogen-bond donors (Lipinski definition) is 2. The summed E-state index contributed by atoms with van der Waals surface area (Å²) in [6.07, 6.45) is 0. The Labute approximate surface area is 178 Å². The summed E-state index contributed by atoms with van der Waals surface area (Å²) in [4.78, 5) is 19.4. The third kappa shape index (κ3) is 3.66. The van der Waals surface area contributed by atoms with E-state index in [1.165, 1.54) is 0 Å². The maximum Gasteiger partial charge on any atom is 0.335 e. The molecule has 28 heavy (non-hydrogen) atoms. The summed E-state index contributed by atoms with van der Waals surface area (Å²) in [6, 6.07) is 22.6. The van der Waals surface area contributed by atoms with Crippen LogP contribution in [0.15, 0.2) is 81.7 Å². The molecule has 3 aromatic carbocycles. The minimum absolute atomic E-state index is 0.245. The summed E-state index contributed by atoms with van der Waals surface area (Å²) >= 11 is 7.09. The second kappa shape index (κ2) is 7.73. The molecule has 4 aromatic rings. The normalized spacial score (nSPS) is 10.8. The monoisotopic (exact) mass is 496 g/mol. The molecule has 0 bridgehead atoms. The molecule has 0 radical (unpaired) electrons. The van der Waals surface area contributed by atoms with E-state index in [-0.39, 0.29) is 5.56 Å². The predicted octanol–water partition coefficient (Wildman–Crippen LogP) is 6.63. The first kappa shape index (κ1) is 18.7. The number of nitrogens with zero attached hydrogens (tertiary/aromatic N) is 1. The standard InChI is InChI=1S/C22H14Br2N2O2/c23-16-11-9-13(10-12-16)19-20(17-3-1-2-4-18(17)24)26-21(25-19)14-5-7-15(8-6-14)22(27)28/h1-12H,(H,25,26)(H,27,28). The molecule has 0 fully saturated rings. The second-order valence-corrected chi connectivity index (χ2v) is 7.95. The number of H-pyrrole nitrogens is 1. The first-order valence-corrected chi connectivity index (χ1v) is 10.1. The summed E-state index contributed by atoms with van der Waals surface area (Å²) in [5.41, 5.74) is 4.78. The number of carboxylic acid groups (broad SMARTS) is 1. The molecule has 0 saturated carbocycles. The van der Waals surface area contributed by atoms with E-state index in [0.29, 0.717) is 5.82 Å². The zero-order valence-corrected chi connectivity index (χ0v) is 17.7. The fraction of sp³-hybridized carbons (Fsp3) is 0. The van der Waals surface area contributed by atoms with E-state index >= 15 is 0 Å². The van der Waals surface area contributed by atoms with Crippen LogP contribution in [0, 0.1) is 0 Å². The van der Waals surface area contributed by atoms with Crippen molar-refractivity contribution < 1.29 is 9.90 Å². The largest absolute Gasteiger partial charge is 0.478 e. The Bertz CT molecular complexity index is 1150. The van der Waals surface area contributed by atoms with Crippen molar-refractivity contribution in [1.29, 1.82) is 0 Å². The molecule has 138 valence electrons. The molecular weight excluding hydrogens is 484 g/mol. The van der Waals surface area contributed by atoms with Crippen molar-refractivity contribution >= 4 is 37.8 Å². The van der Waals surface area contributed by atoms with Crippen LogP contribution in [-0.2, 0) is 0 Å². The molecule has 0 saturated heterocycles. The van der Waals surface area contributed by atoms with E-state index < -0.39 is 5.97 Å². The van der Waals surface area contributed by atoms with Gasteiger partial charge >= 0.3 is 5.97 Å². The predicted molar refractivity (Wildman–Crippen MR) is 117 cm³/mol. The summed E-state index contributed by atoms with van der Waals surface area (Å²) in [6.45, 7) is 0. The van der Waals surface area contributed by atoms with Gasteiger partial charge in [-0.3, -0.25) is 0 Å². The van der Waals surface area contributed by atoms with Gasteiger partial charge in [-0.1, -0.05) is 74.3 Å². The topological polar surface area (TPSA) is 66.0 Å². The van der Waals surface area contributed by atoms with Crippen LogP contribution in [0.25, 0.3) is 33.9 Å². The molecule has 0 atom stereocenters. The van der Waals surface area contributed by atoms with Crippen LogP contribution in [0.2, 0.25) is 0 Å². The Morgan fingerprint density at radius 2 is 1.50 bits per heavy atom. The highest BCUT2D eigenvalue weighted by Crippen LogP contribution is 2.36. The molecular formula is C22H14Br2N2O2. The number of carboxylic acids is 1. The summed E-state index contributed by atoms with van der Waals surface area (Å²) in [7, 11) is 0. The lowest BCUT2D eigenvalue weighted by atomic mass is 10.1. The fourth-order valence-electron chi connectivity index (χ4n) is 2.96. The van der Waals surface area contributed by atoms with Gasteiger partial charge in [0.05, 0.1) is 17.0 Å². The highest BCUT2D eigenvalue weighted by atomic mass is 79.9. The second-order valence-electron chi connectivity index (χ2n) is 6.18. The van der Waals surface area contributed by atoms with Gasteiger partial charge in [0.15, 0.2) is 0 Å². The van der Waals surface area contributed by atoms with Gasteiger partial charge in [-0.05, 0) is 30.3 Å². The first-order valence-electron chi connectivity index (χ1n) is 8.47. The lowest BCUT2D eigenvalue weighted by molar-refractivity contribution is 0.0697. The van der Waals surface area contributed by atoms with Gasteiger partial charge in [0, 0.05) is 25.6 Å². The SMILES string of the molecule is O=C(O)c1ccc(-c2nc(-c3ccc(Br)cc3)c(-c3ccccc3Br)[nH]2)cc1. The van der Waals surface area contributed by atoms with Gasteiger partial charge in [0.1, 0.15) is 5.82 Å². The van der Waals surface area contributed by atoms with Gasteiger partial charge in [-0.25, -0.2) is 9.78 Å². The fourth-order valence-corrected chi connectivity index (χ4v) is 3.70. The molecule has 4 nitrogen and oxygen atoms in total. The number of rotatable bonds is 4. The lowest BCUT2D eigenvalue weighted by Gasteiger charge is -2.05. The number of benzene rings is 3. The number of nitrogens with one attached hydrogen (secondary N) is 1. The van der Waals surface area contributed by atoms with E-state index in [4.69, 9.17) is 10.1 Å². The Morgan fingerprint density at radius 3 is 2.14 bits per heavy atom. The molecule has 0 aliphatic heterocycles. The first-order chi connectivity index (χ1) is 13.5. The van der Waals surface area contributed by atoms with E-state index in [9.17, 15) is 4.79 Å². The summed E-state index contributed by atoms with van der Waals surface area (Å²) < 4.78 is 1.96. The Morgan fingerprint density at radius 1 is 0.857 bits per heavy atom. The molecule has 1 heterocycles. The Balaban J connectivity index is 1.88. The van der Waals surface area contributed by atoms with Crippen molar-refractivity contribution in [3.05, 3.63) is 87.3 Å². The van der Waals surface area contributed by atoms with E-state index in [1.807, 2.05) is 48.5 Å². The van der Waals surface area contributed by atoms with Crippen LogP contribution in [-0.4, -0.2) is 21.0 Å². The van der Waals surface area contributed by atoms with Crippen molar-refractivity contribution in [3.63, 3.8) is 0 Å². The lowest BCUT2D eigenvalue weighted by Crippen LogP contribution is -1.95. The molecule has 0 aliphatic rings. The zero-order chi connectivity index (χ0) is 19.7. The number of imidazole rings is 1. The van der Waals surface area contributed by atoms with Crippen LogP contribution >= 0.6 is 31.9 Å². The van der Waals surface area contributed by atoms with Gasteiger partial charge in [-0.2, -0.15) is 0 Å². The zero-order valence-electron chi connectivity index (χ0n) is 14.5. The number of halogens is 2. The molecule has 0 spiro atoms. The van der Waals surface area contributed by atoms with Crippen LogP contribution in [0.5, 0.6) is 0 Å². The van der Waals surface area contributed by atoms with Crippen molar-refractivity contribution in [2.75, 3.05) is 0 Å².